The second-order valence-electron chi connectivity index (χ2n) is 10.3. The van der Waals surface area contributed by atoms with Gasteiger partial charge in [0.1, 0.15) is 0 Å². The SMILES string of the molecule is CCCCCCCCCCON1C(C)(C)CC(NCC(C)CC)CC1(C)C. The molecular weight excluding hydrogens is 332 g/mol. The first-order valence-electron chi connectivity index (χ1n) is 11.9. The van der Waals surface area contributed by atoms with Gasteiger partial charge in [-0.3, -0.25) is 4.84 Å². The molecule has 3 nitrogen and oxygen atoms in total. The van der Waals surface area contributed by atoms with Crippen molar-refractivity contribution in [3.05, 3.63) is 0 Å². The number of nitrogens with zero attached hydrogens (tertiary/aromatic N) is 1. The lowest BCUT2D eigenvalue weighted by molar-refractivity contribution is -0.284. The maximum absolute atomic E-state index is 6.36. The first kappa shape index (κ1) is 24.9. The molecule has 1 aliphatic rings. The van der Waals surface area contributed by atoms with E-state index in [1.54, 1.807) is 0 Å². The van der Waals surface area contributed by atoms with Crippen LogP contribution in [0.3, 0.4) is 0 Å². The summed E-state index contributed by atoms with van der Waals surface area (Å²) in [6, 6.07) is 0.590. The minimum Gasteiger partial charge on any atom is -0.314 e. The fraction of sp³-hybridized carbons (Fsp3) is 1.00. The molecule has 0 aromatic carbocycles. The predicted molar refractivity (Wildman–Crippen MR) is 119 cm³/mol. The van der Waals surface area contributed by atoms with Gasteiger partial charge < -0.3 is 5.32 Å². The van der Waals surface area contributed by atoms with E-state index in [2.05, 4.69) is 58.8 Å². The first-order valence-corrected chi connectivity index (χ1v) is 11.9. The minimum atomic E-state index is 0.0784. The largest absolute Gasteiger partial charge is 0.314 e. The Balaban J connectivity index is 2.34. The summed E-state index contributed by atoms with van der Waals surface area (Å²) in [6.07, 6.45) is 14.4. The van der Waals surface area contributed by atoms with Gasteiger partial charge in [-0.25, -0.2) is 0 Å². The third kappa shape index (κ3) is 9.28. The summed E-state index contributed by atoms with van der Waals surface area (Å²) < 4.78 is 0. The Kier molecular flexibility index (Phi) is 11.5. The Morgan fingerprint density at radius 1 is 0.889 bits per heavy atom. The molecule has 162 valence electrons. The van der Waals surface area contributed by atoms with E-state index in [1.165, 1.54) is 57.8 Å². The Labute approximate surface area is 171 Å². The van der Waals surface area contributed by atoms with Crippen molar-refractivity contribution in [2.24, 2.45) is 5.92 Å². The maximum atomic E-state index is 6.36. The highest BCUT2D eigenvalue weighted by Gasteiger charge is 2.46. The van der Waals surface area contributed by atoms with Crippen molar-refractivity contribution >= 4 is 0 Å². The molecule has 1 aliphatic heterocycles. The van der Waals surface area contributed by atoms with Crippen molar-refractivity contribution in [1.29, 1.82) is 0 Å². The van der Waals surface area contributed by atoms with Gasteiger partial charge in [-0.1, -0.05) is 72.1 Å². The molecule has 0 bridgehead atoms. The minimum absolute atomic E-state index is 0.0784. The molecule has 0 amide bonds. The molecule has 1 atom stereocenters. The topological polar surface area (TPSA) is 24.5 Å². The van der Waals surface area contributed by atoms with Gasteiger partial charge in [0.15, 0.2) is 0 Å². The van der Waals surface area contributed by atoms with Crippen LogP contribution in [0.2, 0.25) is 0 Å². The van der Waals surface area contributed by atoms with Gasteiger partial charge in [-0.15, -0.1) is 0 Å². The average Bonchev–Trinajstić information content (AvgIpc) is 2.59. The van der Waals surface area contributed by atoms with E-state index in [9.17, 15) is 0 Å². The van der Waals surface area contributed by atoms with E-state index in [0.29, 0.717) is 6.04 Å². The molecule has 0 aromatic rings. The van der Waals surface area contributed by atoms with Gasteiger partial charge in [0.2, 0.25) is 0 Å². The number of hydrogen-bond donors (Lipinski definition) is 1. The Hall–Kier alpha value is -0.120. The molecule has 0 radical (unpaired) electrons. The predicted octanol–water partition coefficient (Wildman–Crippen LogP) is 6.72. The molecule has 27 heavy (non-hydrogen) atoms. The zero-order valence-electron chi connectivity index (χ0n) is 19.7. The van der Waals surface area contributed by atoms with Crippen LogP contribution in [0.4, 0.5) is 0 Å². The molecule has 1 heterocycles. The van der Waals surface area contributed by atoms with Gasteiger partial charge >= 0.3 is 0 Å². The van der Waals surface area contributed by atoms with Gasteiger partial charge in [0.05, 0.1) is 6.61 Å². The van der Waals surface area contributed by atoms with Crippen LogP contribution < -0.4 is 5.32 Å². The van der Waals surface area contributed by atoms with E-state index in [-0.39, 0.29) is 11.1 Å². The monoisotopic (exact) mass is 382 g/mol. The number of rotatable bonds is 14. The summed E-state index contributed by atoms with van der Waals surface area (Å²) in [4.78, 5) is 6.36. The quantitative estimate of drug-likeness (QED) is 0.338. The molecule has 3 heteroatoms. The average molecular weight is 383 g/mol. The molecule has 0 saturated carbocycles. The van der Waals surface area contributed by atoms with Crippen molar-refractivity contribution in [1.82, 2.24) is 10.4 Å². The fourth-order valence-electron chi connectivity index (χ4n) is 4.66. The lowest BCUT2D eigenvalue weighted by Gasteiger charge is -2.54. The van der Waals surface area contributed by atoms with Crippen LogP contribution in [-0.4, -0.2) is 35.3 Å². The van der Waals surface area contributed by atoms with E-state index >= 15 is 0 Å². The zero-order chi connectivity index (χ0) is 20.3. The summed E-state index contributed by atoms with van der Waals surface area (Å²) in [5, 5.41) is 6.15. The van der Waals surface area contributed by atoms with E-state index in [0.717, 1.165) is 31.9 Å². The van der Waals surface area contributed by atoms with Crippen molar-refractivity contribution in [3.8, 4) is 0 Å². The third-order valence-corrected chi connectivity index (χ3v) is 6.26. The highest BCUT2D eigenvalue weighted by molar-refractivity contribution is 4.99. The number of nitrogens with one attached hydrogen (secondary N) is 1. The highest BCUT2D eigenvalue weighted by atomic mass is 16.7. The van der Waals surface area contributed by atoms with Crippen molar-refractivity contribution < 1.29 is 4.84 Å². The van der Waals surface area contributed by atoms with Crippen LogP contribution in [0.15, 0.2) is 0 Å². The number of hydrogen-bond acceptors (Lipinski definition) is 3. The molecule has 1 rings (SSSR count). The molecular formula is C24H50N2O. The highest BCUT2D eigenvalue weighted by Crippen LogP contribution is 2.38. The second-order valence-corrected chi connectivity index (χ2v) is 10.3. The molecule has 1 fully saturated rings. The van der Waals surface area contributed by atoms with Crippen molar-refractivity contribution in [3.63, 3.8) is 0 Å². The molecule has 1 saturated heterocycles. The number of unbranched alkanes of at least 4 members (excludes halogenated alkanes) is 7. The van der Waals surface area contributed by atoms with Crippen LogP contribution in [0.25, 0.3) is 0 Å². The van der Waals surface area contributed by atoms with Crippen LogP contribution in [-0.2, 0) is 4.84 Å². The summed E-state index contributed by atoms with van der Waals surface area (Å²) in [5.41, 5.74) is 0.157. The second kappa shape index (κ2) is 12.4. The van der Waals surface area contributed by atoms with E-state index in [1.807, 2.05) is 0 Å². The summed E-state index contributed by atoms with van der Waals surface area (Å²) in [7, 11) is 0. The molecule has 1 N–H and O–H groups in total. The van der Waals surface area contributed by atoms with Crippen molar-refractivity contribution in [2.75, 3.05) is 13.2 Å². The Morgan fingerprint density at radius 2 is 1.41 bits per heavy atom. The van der Waals surface area contributed by atoms with Gasteiger partial charge in [-0.2, -0.15) is 5.06 Å². The third-order valence-electron chi connectivity index (χ3n) is 6.26. The molecule has 0 aromatic heterocycles. The van der Waals surface area contributed by atoms with Gasteiger partial charge in [0, 0.05) is 17.1 Å². The van der Waals surface area contributed by atoms with Gasteiger partial charge in [-0.05, 0) is 59.4 Å². The number of piperidine rings is 1. The summed E-state index contributed by atoms with van der Waals surface area (Å²) in [5.74, 6) is 0.757. The van der Waals surface area contributed by atoms with E-state index in [4.69, 9.17) is 4.84 Å². The standard InChI is InChI=1S/C24H50N2O/c1-8-10-11-12-13-14-15-16-17-27-26-23(4,5)18-22(19-24(26,6)7)25-20-21(3)9-2/h21-22,25H,8-20H2,1-7H3. The van der Waals surface area contributed by atoms with Gasteiger partial charge in [0.25, 0.3) is 0 Å². The summed E-state index contributed by atoms with van der Waals surface area (Å²) >= 11 is 0. The Bertz CT molecular complexity index is 363. The first-order chi connectivity index (χ1) is 12.7. The maximum Gasteiger partial charge on any atom is 0.0685 e. The molecule has 1 unspecified atom stereocenters. The molecule has 0 aliphatic carbocycles. The van der Waals surface area contributed by atoms with E-state index < -0.39 is 0 Å². The smallest absolute Gasteiger partial charge is 0.0685 e. The summed E-state index contributed by atoms with van der Waals surface area (Å²) in [6.45, 7) is 18.3. The fourth-order valence-corrected chi connectivity index (χ4v) is 4.66. The molecule has 0 spiro atoms. The lowest BCUT2D eigenvalue weighted by atomic mass is 9.79. The van der Waals surface area contributed by atoms with Crippen molar-refractivity contribution in [2.45, 2.75) is 136 Å². The van der Waals surface area contributed by atoms with Crippen LogP contribution in [0.1, 0.15) is 119 Å². The lowest BCUT2D eigenvalue weighted by Crippen LogP contribution is -2.63. The normalized spacial score (nSPS) is 21.4. The Morgan fingerprint density at radius 3 is 1.93 bits per heavy atom. The number of hydroxylamine groups is 2. The zero-order valence-corrected chi connectivity index (χ0v) is 19.7. The van der Waals surface area contributed by atoms with Crippen LogP contribution >= 0.6 is 0 Å². The van der Waals surface area contributed by atoms with Crippen LogP contribution in [0.5, 0.6) is 0 Å². The van der Waals surface area contributed by atoms with Crippen LogP contribution in [0, 0.1) is 5.92 Å².